The van der Waals surface area contributed by atoms with Crippen molar-refractivity contribution in [2.24, 2.45) is 9.98 Å². The van der Waals surface area contributed by atoms with E-state index in [9.17, 15) is 5.21 Å². The monoisotopic (exact) mass is 283 g/mol. The Hall–Kier alpha value is -2.40. The van der Waals surface area contributed by atoms with Crippen molar-refractivity contribution in [1.29, 1.82) is 0 Å². The maximum Gasteiger partial charge on any atom is 0.196 e. The lowest BCUT2D eigenvalue weighted by Gasteiger charge is -2.27. The summed E-state index contributed by atoms with van der Waals surface area (Å²) in [5.41, 5.74) is 1.00. The van der Waals surface area contributed by atoms with Crippen LogP contribution in [0.3, 0.4) is 0 Å². The second-order valence-electron chi connectivity index (χ2n) is 5.91. The molecule has 21 heavy (non-hydrogen) atoms. The summed E-state index contributed by atoms with van der Waals surface area (Å²) in [4.78, 5) is 8.61. The van der Waals surface area contributed by atoms with Crippen LogP contribution in [-0.4, -0.2) is 27.9 Å². The van der Waals surface area contributed by atoms with E-state index in [4.69, 9.17) is 4.42 Å². The molecule has 2 aromatic rings. The lowest BCUT2D eigenvalue weighted by atomic mass is 10.1. The van der Waals surface area contributed by atoms with E-state index in [0.29, 0.717) is 17.3 Å². The fourth-order valence-corrected chi connectivity index (χ4v) is 1.90. The Bertz CT molecular complexity index is 730. The first-order chi connectivity index (χ1) is 9.93. The molecule has 0 spiro atoms. The van der Waals surface area contributed by atoms with Crippen LogP contribution in [0.15, 0.2) is 56.6 Å². The van der Waals surface area contributed by atoms with E-state index < -0.39 is 5.54 Å². The quantitative estimate of drug-likeness (QED) is 0.857. The standard InChI is InChI=1S/C16H17N3O2/c1-16(2,3)19(20)10-12-9-17-15(18-12)14-8-11-6-4-5-7-13(11)21-14/h4-10,20H,1-3H3. The normalized spacial score (nSPS) is 16.8. The number of hydroxylamine groups is 2. The van der Waals surface area contributed by atoms with Gasteiger partial charge < -0.3 is 4.42 Å². The maximum atomic E-state index is 9.92. The lowest BCUT2D eigenvalue weighted by Crippen LogP contribution is -2.34. The topological polar surface area (TPSA) is 61.3 Å². The minimum atomic E-state index is -0.390. The van der Waals surface area contributed by atoms with Crippen LogP contribution in [0.5, 0.6) is 0 Å². The number of aliphatic imine (C=N–C) groups is 2. The third-order valence-electron chi connectivity index (χ3n) is 3.14. The van der Waals surface area contributed by atoms with Crippen LogP contribution in [-0.2, 0) is 0 Å². The number of hydrogen-bond donors (Lipinski definition) is 1. The van der Waals surface area contributed by atoms with Gasteiger partial charge in [-0.05, 0) is 32.9 Å². The number of hydrogen-bond acceptors (Lipinski definition) is 5. The van der Waals surface area contributed by atoms with Gasteiger partial charge in [-0.1, -0.05) is 18.2 Å². The summed E-state index contributed by atoms with van der Waals surface area (Å²) in [5, 5.41) is 12.1. The molecule has 1 aliphatic heterocycles. The molecule has 2 heterocycles. The fraction of sp³-hybridized carbons (Fsp3) is 0.250. The summed E-state index contributed by atoms with van der Waals surface area (Å²) in [7, 11) is 0. The molecule has 3 rings (SSSR count). The van der Waals surface area contributed by atoms with E-state index in [1.165, 1.54) is 0 Å². The number of benzene rings is 1. The Balaban J connectivity index is 1.90. The molecule has 0 atom stereocenters. The fourth-order valence-electron chi connectivity index (χ4n) is 1.90. The van der Waals surface area contributed by atoms with E-state index in [1.54, 1.807) is 12.4 Å². The van der Waals surface area contributed by atoms with E-state index in [0.717, 1.165) is 16.0 Å². The maximum absolute atomic E-state index is 9.92. The lowest BCUT2D eigenvalue weighted by molar-refractivity contribution is -0.110. The van der Waals surface area contributed by atoms with Gasteiger partial charge in [-0.2, -0.15) is 0 Å². The van der Waals surface area contributed by atoms with E-state index in [2.05, 4.69) is 9.98 Å². The van der Waals surface area contributed by atoms with Gasteiger partial charge in [0, 0.05) is 5.39 Å². The first-order valence-corrected chi connectivity index (χ1v) is 6.75. The Morgan fingerprint density at radius 3 is 2.71 bits per heavy atom. The van der Waals surface area contributed by atoms with Gasteiger partial charge in [0.25, 0.3) is 0 Å². The number of amidine groups is 1. The van der Waals surface area contributed by atoms with E-state index in [1.807, 2.05) is 51.1 Å². The van der Waals surface area contributed by atoms with E-state index >= 15 is 0 Å². The summed E-state index contributed by atoms with van der Waals surface area (Å²) >= 11 is 0. The Morgan fingerprint density at radius 1 is 1.24 bits per heavy atom. The van der Waals surface area contributed by atoms with Crippen LogP contribution in [0.4, 0.5) is 0 Å². The molecule has 0 aliphatic carbocycles. The average molecular weight is 283 g/mol. The minimum Gasteiger partial charge on any atom is -0.453 e. The van der Waals surface area contributed by atoms with Crippen LogP contribution in [0.1, 0.15) is 26.5 Å². The van der Waals surface area contributed by atoms with Crippen LogP contribution in [0, 0.1) is 0 Å². The van der Waals surface area contributed by atoms with Crippen molar-refractivity contribution >= 4 is 23.0 Å². The Labute approximate surface area is 122 Å². The summed E-state index contributed by atoms with van der Waals surface area (Å²) < 4.78 is 5.72. The number of fused-ring (bicyclic) bond motifs is 1. The molecule has 1 N–H and O–H groups in total. The second kappa shape index (κ2) is 4.86. The highest BCUT2D eigenvalue weighted by Gasteiger charge is 2.19. The zero-order valence-corrected chi connectivity index (χ0v) is 12.2. The smallest absolute Gasteiger partial charge is 0.196 e. The van der Waals surface area contributed by atoms with Gasteiger partial charge in [0.1, 0.15) is 11.3 Å². The first-order valence-electron chi connectivity index (χ1n) is 6.75. The van der Waals surface area contributed by atoms with Crippen molar-refractivity contribution in [3.63, 3.8) is 0 Å². The van der Waals surface area contributed by atoms with Gasteiger partial charge in [0.2, 0.25) is 0 Å². The zero-order chi connectivity index (χ0) is 15.0. The molecule has 1 aliphatic rings. The van der Waals surface area contributed by atoms with Crippen molar-refractivity contribution < 1.29 is 9.62 Å². The van der Waals surface area contributed by atoms with Crippen molar-refractivity contribution in [2.45, 2.75) is 26.3 Å². The summed E-state index contributed by atoms with van der Waals surface area (Å²) in [6, 6.07) is 9.68. The van der Waals surface area contributed by atoms with Crippen molar-refractivity contribution in [2.75, 3.05) is 0 Å². The van der Waals surface area contributed by atoms with Gasteiger partial charge in [-0.3, -0.25) is 10.3 Å². The molecule has 0 saturated heterocycles. The number of allylic oxidation sites excluding steroid dienone is 1. The molecule has 0 radical (unpaired) electrons. The zero-order valence-electron chi connectivity index (χ0n) is 12.2. The molecule has 0 bridgehead atoms. The predicted molar refractivity (Wildman–Crippen MR) is 82.7 cm³/mol. The summed E-state index contributed by atoms with van der Waals surface area (Å²) in [6.45, 7) is 5.71. The van der Waals surface area contributed by atoms with Gasteiger partial charge in [0.05, 0.1) is 18.0 Å². The predicted octanol–water partition coefficient (Wildman–Crippen LogP) is 3.59. The second-order valence-corrected chi connectivity index (χ2v) is 5.91. The Kier molecular flexibility index (Phi) is 3.14. The summed E-state index contributed by atoms with van der Waals surface area (Å²) in [6.07, 6.45) is 3.16. The SMILES string of the molecule is CC(C)(C)N(O)C=C1C=NC(c2cc3ccccc3o2)=N1. The van der Waals surface area contributed by atoms with Crippen LogP contribution >= 0.6 is 0 Å². The van der Waals surface area contributed by atoms with Crippen molar-refractivity contribution in [3.8, 4) is 0 Å². The van der Waals surface area contributed by atoms with Gasteiger partial charge in [0.15, 0.2) is 11.6 Å². The third-order valence-corrected chi connectivity index (χ3v) is 3.14. The molecule has 0 amide bonds. The first kappa shape index (κ1) is 13.6. The number of para-hydroxylation sites is 1. The van der Waals surface area contributed by atoms with Gasteiger partial charge >= 0.3 is 0 Å². The van der Waals surface area contributed by atoms with Gasteiger partial charge in [-0.25, -0.2) is 9.98 Å². The van der Waals surface area contributed by atoms with Crippen molar-refractivity contribution in [1.82, 2.24) is 5.06 Å². The van der Waals surface area contributed by atoms with Crippen LogP contribution in [0.2, 0.25) is 0 Å². The molecule has 0 fully saturated rings. The largest absolute Gasteiger partial charge is 0.453 e. The molecular formula is C16H17N3O2. The molecule has 1 aromatic heterocycles. The minimum absolute atomic E-state index is 0.390. The number of nitrogens with zero attached hydrogens (tertiary/aromatic N) is 3. The highest BCUT2D eigenvalue weighted by atomic mass is 16.5. The molecule has 5 nitrogen and oxygen atoms in total. The third kappa shape index (κ3) is 2.73. The van der Waals surface area contributed by atoms with Crippen LogP contribution < -0.4 is 0 Å². The van der Waals surface area contributed by atoms with Crippen molar-refractivity contribution in [3.05, 3.63) is 48.0 Å². The molecule has 5 heteroatoms. The molecule has 1 aromatic carbocycles. The van der Waals surface area contributed by atoms with Gasteiger partial charge in [-0.15, -0.1) is 0 Å². The molecule has 108 valence electrons. The molecular weight excluding hydrogens is 266 g/mol. The van der Waals surface area contributed by atoms with Crippen LogP contribution in [0.25, 0.3) is 11.0 Å². The number of furan rings is 1. The Morgan fingerprint density at radius 2 is 2.00 bits per heavy atom. The number of rotatable bonds is 2. The summed E-state index contributed by atoms with van der Waals surface area (Å²) in [5.74, 6) is 1.14. The molecule has 0 saturated carbocycles. The highest BCUT2D eigenvalue weighted by molar-refractivity contribution is 6.10. The highest BCUT2D eigenvalue weighted by Crippen LogP contribution is 2.22. The molecule has 0 unspecified atom stereocenters. The van der Waals surface area contributed by atoms with E-state index in [-0.39, 0.29) is 0 Å². The average Bonchev–Trinajstić information content (AvgIpc) is 3.02.